The Labute approximate surface area is 86.5 Å². The molecule has 0 aromatic carbocycles. The quantitative estimate of drug-likeness (QED) is 0.227. The van der Waals surface area contributed by atoms with Gasteiger partial charge in [-0.25, -0.2) is 0 Å². The normalized spacial score (nSPS) is 8.29. The fourth-order valence-electron chi connectivity index (χ4n) is 0. The zero-order valence-corrected chi connectivity index (χ0v) is 8.57. The van der Waals surface area contributed by atoms with Gasteiger partial charge in [-0.2, -0.15) is 8.42 Å². The molecule has 7 heavy (non-hydrogen) atoms. The fraction of sp³-hybridized carbons (Fsp3) is 0. The second-order valence-electron chi connectivity index (χ2n) is 0.448. The zero-order chi connectivity index (χ0) is 4.50. The average molecular weight is 263 g/mol. The molecule has 0 aromatic rings. The summed E-state index contributed by atoms with van der Waals surface area (Å²) in [4.78, 5) is 0. The van der Waals surface area contributed by atoms with Crippen LogP contribution in [0.3, 0.4) is 0 Å². The minimum absolute atomic E-state index is 0. The maximum absolute atomic E-state index is 9.05. The van der Waals surface area contributed by atoms with Gasteiger partial charge in [0.2, 0.25) is 0 Å². The number of thiol groups is 1. The number of rotatable bonds is 0. The van der Waals surface area contributed by atoms with E-state index in [1.807, 2.05) is 0 Å². The van der Waals surface area contributed by atoms with Crippen LogP contribution in [0.25, 0.3) is 0 Å². The van der Waals surface area contributed by atoms with Gasteiger partial charge < -0.3 is 0 Å². The van der Waals surface area contributed by atoms with E-state index < -0.39 is 9.15 Å². The van der Waals surface area contributed by atoms with E-state index in [1.54, 1.807) is 0 Å². The molecule has 0 bridgehead atoms. The van der Waals surface area contributed by atoms with Crippen LogP contribution < -0.4 is 0 Å². The molecule has 0 spiro atoms. The molecule has 0 rings (SSSR count). The molecule has 0 aliphatic carbocycles. The molecule has 1 N–H and O–H groups in total. The van der Waals surface area contributed by atoms with Crippen molar-refractivity contribution in [3.8, 4) is 0 Å². The van der Waals surface area contributed by atoms with Gasteiger partial charge in [0.25, 0.3) is 0 Å². The van der Waals surface area contributed by atoms with E-state index in [9.17, 15) is 0 Å². The number of hydrogen-bond donors (Lipinski definition) is 2. The first-order chi connectivity index (χ1) is 2.00. The molecule has 0 amide bonds. The first kappa shape index (κ1) is 16.0. The van der Waals surface area contributed by atoms with Crippen molar-refractivity contribution in [3.63, 3.8) is 0 Å². The van der Waals surface area contributed by atoms with Gasteiger partial charge in [-0.05, 0) is 11.7 Å². The third-order valence-corrected chi connectivity index (χ3v) is 0. The third-order valence-electron chi connectivity index (χ3n) is 0. The molecule has 42 valence electrons. The SMILES string of the molecule is O=S(=O)(O)S.[NaH].[SbH3]. The van der Waals surface area contributed by atoms with E-state index in [0.29, 0.717) is 0 Å². The first-order valence-corrected chi connectivity index (χ1v) is 3.19. The predicted molar refractivity (Wildman–Crippen MR) is 37.6 cm³/mol. The zero-order valence-electron chi connectivity index (χ0n) is 2.83. The van der Waals surface area contributed by atoms with Gasteiger partial charge in [-0.1, -0.05) is 0 Å². The van der Waals surface area contributed by atoms with E-state index >= 15 is 0 Å². The predicted octanol–water partition coefficient (Wildman–Crippen LogP) is -2.11. The molecule has 7 heteroatoms. The molecule has 3 nitrogen and oxygen atoms in total. The van der Waals surface area contributed by atoms with Crippen molar-refractivity contribution in [2.75, 3.05) is 0 Å². The maximum atomic E-state index is 9.05. The molecule has 0 heterocycles. The van der Waals surface area contributed by atoms with Crippen LogP contribution in [0.2, 0.25) is 0 Å². The van der Waals surface area contributed by atoms with Gasteiger partial charge in [0, 0.05) is 0 Å². The van der Waals surface area contributed by atoms with Crippen LogP contribution in [0.15, 0.2) is 0 Å². The standard InChI is InChI=1S/Na.H2O3S2.Sb.4H/c;1-5(2,3)4;;;;;/h;(H2,1,2,3,4);;;;;. The molecule has 0 aliphatic heterocycles. The summed E-state index contributed by atoms with van der Waals surface area (Å²) in [5, 5.41) is 0. The molecule has 0 aromatic heterocycles. The van der Waals surface area contributed by atoms with Crippen molar-refractivity contribution >= 4 is 74.8 Å². The van der Waals surface area contributed by atoms with Crippen molar-refractivity contribution in [2.24, 2.45) is 0 Å². The van der Waals surface area contributed by atoms with Crippen LogP contribution >= 0.6 is 11.7 Å². The molecule has 0 aliphatic rings. The molecule has 0 unspecified atom stereocenters. The second-order valence-corrected chi connectivity index (χ2v) is 2.73. The Morgan fingerprint density at radius 2 is 1.43 bits per heavy atom. The van der Waals surface area contributed by atoms with Gasteiger partial charge in [0.15, 0.2) is 0 Å². The summed E-state index contributed by atoms with van der Waals surface area (Å²) in [5.41, 5.74) is 0. The summed E-state index contributed by atoms with van der Waals surface area (Å²) >= 11 is 2.65. The molecular weight excluding hydrogens is 257 g/mol. The van der Waals surface area contributed by atoms with Gasteiger partial charge >= 0.3 is 63.1 Å². The molecule has 0 saturated carbocycles. The van der Waals surface area contributed by atoms with Crippen molar-refractivity contribution < 1.29 is 13.0 Å². The Morgan fingerprint density at radius 1 is 1.43 bits per heavy atom. The Balaban J connectivity index is -0.0000000800. The topological polar surface area (TPSA) is 54.4 Å². The Bertz CT molecular complexity index is 96.1. The van der Waals surface area contributed by atoms with E-state index in [2.05, 4.69) is 11.7 Å². The summed E-state index contributed by atoms with van der Waals surface area (Å²) in [6.45, 7) is 0. The minimum atomic E-state index is -3.97. The third kappa shape index (κ3) is 69.1. The van der Waals surface area contributed by atoms with E-state index in [0.717, 1.165) is 0 Å². The summed E-state index contributed by atoms with van der Waals surface area (Å²) in [7, 11) is -3.97. The molecule has 0 fully saturated rings. The second kappa shape index (κ2) is 6.20. The number of hydrogen-bond acceptors (Lipinski definition) is 2. The first-order valence-electron chi connectivity index (χ1n) is 0.698. The van der Waals surface area contributed by atoms with Gasteiger partial charge in [0.1, 0.15) is 0 Å². The van der Waals surface area contributed by atoms with Crippen LogP contribution in [-0.2, 0) is 9.15 Å². The van der Waals surface area contributed by atoms with Crippen molar-refractivity contribution in [1.82, 2.24) is 0 Å². The van der Waals surface area contributed by atoms with Crippen LogP contribution in [0, 0.1) is 0 Å². The summed E-state index contributed by atoms with van der Waals surface area (Å²) in [6, 6.07) is 0. The van der Waals surface area contributed by atoms with Gasteiger partial charge in [0.05, 0.1) is 0 Å². The molecular formula is H6NaO3S2Sb. The van der Waals surface area contributed by atoms with Crippen LogP contribution in [0.1, 0.15) is 0 Å². The molecule has 0 radical (unpaired) electrons. The van der Waals surface area contributed by atoms with Crippen LogP contribution in [-0.4, -0.2) is 67.0 Å². The van der Waals surface area contributed by atoms with Crippen molar-refractivity contribution in [1.29, 1.82) is 0 Å². The molecule has 0 atom stereocenters. The Kier molecular flexibility index (Phi) is 14.2. The average Bonchev–Trinajstić information content (AvgIpc) is 0.722. The van der Waals surface area contributed by atoms with Gasteiger partial charge in [-0.15, -0.1) is 0 Å². The van der Waals surface area contributed by atoms with Gasteiger partial charge in [-0.3, -0.25) is 4.55 Å². The Hall–Kier alpha value is 2.08. The van der Waals surface area contributed by atoms with Crippen LogP contribution in [0.4, 0.5) is 0 Å². The van der Waals surface area contributed by atoms with E-state index in [4.69, 9.17) is 13.0 Å². The van der Waals surface area contributed by atoms with E-state index in [1.165, 1.54) is 0 Å². The summed E-state index contributed by atoms with van der Waals surface area (Å²) in [5.74, 6) is 0. The van der Waals surface area contributed by atoms with Crippen molar-refractivity contribution in [3.05, 3.63) is 0 Å². The summed E-state index contributed by atoms with van der Waals surface area (Å²) in [6.07, 6.45) is 0. The van der Waals surface area contributed by atoms with E-state index in [-0.39, 0.29) is 54.0 Å². The fourth-order valence-corrected chi connectivity index (χ4v) is 0. The van der Waals surface area contributed by atoms with Crippen molar-refractivity contribution in [2.45, 2.75) is 0 Å². The summed E-state index contributed by atoms with van der Waals surface area (Å²) < 4.78 is 25.5. The Morgan fingerprint density at radius 3 is 1.43 bits per heavy atom. The molecule has 0 saturated heterocycles. The van der Waals surface area contributed by atoms with Crippen LogP contribution in [0.5, 0.6) is 0 Å². The monoisotopic (exact) mass is 262 g/mol.